The first kappa shape index (κ1) is 29.3. The summed E-state index contributed by atoms with van der Waals surface area (Å²) in [5.41, 5.74) is 0.693. The van der Waals surface area contributed by atoms with E-state index >= 15 is 0 Å². The number of aromatic nitrogens is 3. The lowest BCUT2D eigenvalue weighted by atomic mass is 10.0. The predicted molar refractivity (Wildman–Crippen MR) is 130 cm³/mol. The molecule has 17 heteroatoms. The third kappa shape index (κ3) is 9.54. The topological polar surface area (TPSA) is 236 Å². The molecule has 0 aliphatic carbocycles. The Labute approximate surface area is 211 Å². The van der Waals surface area contributed by atoms with Crippen molar-refractivity contribution in [2.75, 3.05) is 22.9 Å². The molecule has 0 aliphatic heterocycles. The molecule has 0 saturated heterocycles. The zero-order chi connectivity index (χ0) is 27.8. The van der Waals surface area contributed by atoms with Crippen molar-refractivity contribution < 1.29 is 39.9 Å². The number of rotatable bonds is 10. The van der Waals surface area contributed by atoms with Crippen LogP contribution >= 0.6 is 0 Å². The number of nitrogens with zero attached hydrogens (tertiary/aromatic N) is 3. The number of anilines is 3. The first-order valence-corrected chi connectivity index (χ1v) is 13.2. The summed E-state index contributed by atoms with van der Waals surface area (Å²) < 4.78 is 61.4. The standard InChI is InChI=1S/C20H23N5O7S.O3S/c1-3-4-16-23-19(21-7-8-33(29,30)31)25-20(24-16)22-12-5-6-13-11(2)14(10-17(26)27)18(28)32-15(13)9-12;1-4(2)3/h5-6,9H,3-4,7-8,10H2,1-2H3,(H,26,27)(H,29,30,31)(H2,21,22,23,24,25);. The fourth-order valence-corrected chi connectivity index (χ4v) is 3.50. The monoisotopic (exact) mass is 557 g/mol. The highest BCUT2D eigenvalue weighted by Crippen LogP contribution is 2.25. The highest BCUT2D eigenvalue weighted by Gasteiger charge is 2.15. The van der Waals surface area contributed by atoms with Crippen LogP contribution in [0.1, 0.15) is 30.3 Å². The van der Waals surface area contributed by atoms with E-state index in [4.69, 9.17) is 26.7 Å². The largest absolute Gasteiger partial charge is 0.481 e. The van der Waals surface area contributed by atoms with Crippen LogP contribution in [0.25, 0.3) is 11.0 Å². The minimum Gasteiger partial charge on any atom is -0.481 e. The second kappa shape index (κ2) is 12.8. The number of carboxylic acids is 1. The molecule has 3 aromatic rings. The highest BCUT2D eigenvalue weighted by atomic mass is 32.2. The molecular formula is C20H23N5O10S2. The lowest BCUT2D eigenvalue weighted by Gasteiger charge is -2.11. The van der Waals surface area contributed by atoms with Gasteiger partial charge in [-0.05, 0) is 31.0 Å². The Morgan fingerprint density at radius 1 is 1.14 bits per heavy atom. The average molecular weight is 558 g/mol. The molecule has 37 heavy (non-hydrogen) atoms. The summed E-state index contributed by atoms with van der Waals surface area (Å²) in [6.45, 7) is 3.53. The highest BCUT2D eigenvalue weighted by molar-refractivity contribution is 7.85. The number of carboxylic acid groups (broad SMARTS) is 1. The van der Waals surface area contributed by atoms with Crippen molar-refractivity contribution in [2.45, 2.75) is 33.1 Å². The molecular weight excluding hydrogens is 534 g/mol. The number of benzene rings is 1. The van der Waals surface area contributed by atoms with Gasteiger partial charge in [0.2, 0.25) is 11.9 Å². The summed E-state index contributed by atoms with van der Waals surface area (Å²) >= 11 is 0. The van der Waals surface area contributed by atoms with E-state index in [9.17, 15) is 18.0 Å². The molecule has 200 valence electrons. The zero-order valence-corrected chi connectivity index (χ0v) is 21.2. The van der Waals surface area contributed by atoms with Gasteiger partial charge in [-0.25, -0.2) is 4.79 Å². The van der Waals surface area contributed by atoms with E-state index < -0.39 is 44.5 Å². The molecule has 0 atom stereocenters. The van der Waals surface area contributed by atoms with Crippen LogP contribution in [-0.4, -0.2) is 63.9 Å². The Hall–Kier alpha value is -3.96. The van der Waals surface area contributed by atoms with E-state index in [1.165, 1.54) is 0 Å². The molecule has 2 heterocycles. The minimum atomic E-state index is -4.13. The molecule has 4 N–H and O–H groups in total. The molecule has 0 fully saturated rings. The summed E-state index contributed by atoms with van der Waals surface area (Å²) in [7, 11) is -7.24. The number of hydrogen-bond acceptors (Lipinski definition) is 13. The van der Waals surface area contributed by atoms with Gasteiger partial charge in [-0.1, -0.05) is 6.92 Å². The Balaban J connectivity index is 0.00000112. The molecule has 0 aliphatic rings. The second-order valence-corrected chi connectivity index (χ2v) is 9.45. The average Bonchev–Trinajstić information content (AvgIpc) is 2.75. The van der Waals surface area contributed by atoms with Crippen LogP contribution in [0.4, 0.5) is 17.6 Å². The maximum absolute atomic E-state index is 12.2. The van der Waals surface area contributed by atoms with Crippen molar-refractivity contribution in [2.24, 2.45) is 0 Å². The molecule has 0 saturated carbocycles. The summed E-state index contributed by atoms with van der Waals surface area (Å²) in [4.78, 5) is 36.1. The first-order valence-electron chi connectivity index (χ1n) is 10.5. The van der Waals surface area contributed by atoms with Crippen molar-refractivity contribution in [3.8, 4) is 0 Å². The smallest absolute Gasteiger partial charge is 0.425 e. The van der Waals surface area contributed by atoms with Crippen LogP contribution < -0.4 is 16.3 Å². The molecule has 0 radical (unpaired) electrons. The maximum atomic E-state index is 12.2. The third-order valence-corrected chi connectivity index (χ3v) is 5.39. The van der Waals surface area contributed by atoms with Gasteiger partial charge in [-0.2, -0.15) is 23.4 Å². The summed E-state index contributed by atoms with van der Waals surface area (Å²) in [6, 6.07) is 4.97. The number of hydrogen-bond donors (Lipinski definition) is 4. The SMILES string of the molecule is CCCc1nc(NCCS(=O)(=O)O)nc(Nc2ccc3c(C)c(CC(=O)O)c(=O)oc3c2)n1.O=S(=O)=O. The van der Waals surface area contributed by atoms with Crippen molar-refractivity contribution in [3.63, 3.8) is 0 Å². The van der Waals surface area contributed by atoms with Crippen LogP contribution in [0.2, 0.25) is 0 Å². The van der Waals surface area contributed by atoms with Gasteiger partial charge in [0, 0.05) is 30.1 Å². The van der Waals surface area contributed by atoms with Crippen molar-refractivity contribution in [3.05, 3.63) is 45.6 Å². The Kier molecular flexibility index (Phi) is 10.2. The zero-order valence-electron chi connectivity index (χ0n) is 19.6. The number of aryl methyl sites for hydroxylation is 2. The van der Waals surface area contributed by atoms with Gasteiger partial charge in [0.1, 0.15) is 11.4 Å². The molecule has 3 rings (SSSR count). The molecule has 1 aromatic carbocycles. The molecule has 2 aromatic heterocycles. The van der Waals surface area contributed by atoms with Crippen molar-refractivity contribution >= 4 is 55.2 Å². The summed E-state index contributed by atoms with van der Waals surface area (Å²) in [5.74, 6) is -0.824. The van der Waals surface area contributed by atoms with Gasteiger partial charge in [0.05, 0.1) is 17.7 Å². The van der Waals surface area contributed by atoms with Gasteiger partial charge >= 0.3 is 22.2 Å². The second-order valence-electron chi connectivity index (χ2n) is 7.47. The molecule has 0 bridgehead atoms. The lowest BCUT2D eigenvalue weighted by molar-refractivity contribution is -0.136. The van der Waals surface area contributed by atoms with Gasteiger partial charge in [0.25, 0.3) is 10.1 Å². The number of aliphatic carboxylic acids is 1. The van der Waals surface area contributed by atoms with Crippen molar-refractivity contribution in [1.29, 1.82) is 0 Å². The van der Waals surface area contributed by atoms with Crippen molar-refractivity contribution in [1.82, 2.24) is 15.0 Å². The molecule has 0 unspecified atom stereocenters. The van der Waals surface area contributed by atoms with E-state index in [-0.39, 0.29) is 29.6 Å². The number of fused-ring (bicyclic) bond motifs is 1. The third-order valence-electron chi connectivity index (χ3n) is 4.67. The fraction of sp³-hybridized carbons (Fsp3) is 0.350. The first-order chi connectivity index (χ1) is 17.3. The van der Waals surface area contributed by atoms with Gasteiger partial charge in [-0.15, -0.1) is 12.6 Å². The van der Waals surface area contributed by atoms with E-state index in [0.717, 1.165) is 6.42 Å². The Bertz CT molecular complexity index is 1570. The fourth-order valence-electron chi connectivity index (χ4n) is 3.14. The molecule has 0 spiro atoms. The van der Waals surface area contributed by atoms with E-state index in [0.29, 0.717) is 28.9 Å². The molecule has 0 amide bonds. The van der Waals surface area contributed by atoms with Crippen LogP contribution in [-0.2, 0) is 38.4 Å². The van der Waals surface area contributed by atoms with E-state index in [1.54, 1.807) is 25.1 Å². The van der Waals surface area contributed by atoms with E-state index in [2.05, 4.69) is 25.6 Å². The van der Waals surface area contributed by atoms with Gasteiger partial charge in [-0.3, -0.25) is 9.35 Å². The minimum absolute atomic E-state index is 0.0903. The van der Waals surface area contributed by atoms with Gasteiger partial charge < -0.3 is 20.2 Å². The van der Waals surface area contributed by atoms with Gasteiger partial charge in [0.15, 0.2) is 0 Å². The van der Waals surface area contributed by atoms with E-state index in [1.807, 2.05) is 6.92 Å². The van der Waals surface area contributed by atoms with Crippen LogP contribution in [0.15, 0.2) is 27.4 Å². The summed E-state index contributed by atoms with van der Waals surface area (Å²) in [6.07, 6.45) is 0.901. The van der Waals surface area contributed by atoms with Crippen LogP contribution in [0.5, 0.6) is 0 Å². The normalized spacial score (nSPS) is 10.9. The molecule has 15 nitrogen and oxygen atoms in total. The number of carbonyl (C=O) groups is 1. The lowest BCUT2D eigenvalue weighted by Crippen LogP contribution is -2.17. The quantitative estimate of drug-likeness (QED) is 0.200. The Morgan fingerprint density at radius 3 is 2.38 bits per heavy atom. The Morgan fingerprint density at radius 2 is 1.78 bits per heavy atom. The van der Waals surface area contributed by atoms with Crippen LogP contribution in [0, 0.1) is 6.92 Å². The maximum Gasteiger partial charge on any atom is 0.425 e. The van der Waals surface area contributed by atoms with Crippen LogP contribution in [0.3, 0.4) is 0 Å². The predicted octanol–water partition coefficient (Wildman–Crippen LogP) is 0.905. The summed E-state index contributed by atoms with van der Waals surface area (Å²) in [5, 5.41) is 15.4. The number of nitrogens with one attached hydrogen (secondary N) is 2.